The van der Waals surface area contributed by atoms with Crippen LogP contribution in [0.3, 0.4) is 0 Å². The molecule has 1 aromatic carbocycles. The van der Waals surface area contributed by atoms with Gasteiger partial charge in [-0.3, -0.25) is 0 Å². The molecular formula is C15H18ClN3. The number of rotatable bonds is 2. The summed E-state index contributed by atoms with van der Waals surface area (Å²) in [5.74, 6) is 1.20. The number of nitrogens with zero attached hydrogens (tertiary/aromatic N) is 2. The third kappa shape index (κ3) is 1.79. The number of benzene rings is 1. The molecule has 0 radical (unpaired) electrons. The zero-order chi connectivity index (χ0) is 13.0. The second kappa shape index (κ2) is 3.97. The molecule has 4 rings (SSSR count). The van der Waals surface area contributed by atoms with Crippen molar-refractivity contribution in [2.75, 3.05) is 6.54 Å². The van der Waals surface area contributed by atoms with Gasteiger partial charge in [-0.2, -0.15) is 0 Å². The van der Waals surface area contributed by atoms with Crippen LogP contribution in [0.1, 0.15) is 44.5 Å². The maximum Gasteiger partial charge on any atom is 0.130 e. The molecule has 1 saturated carbocycles. The van der Waals surface area contributed by atoms with Crippen molar-refractivity contribution in [3.05, 3.63) is 29.0 Å². The largest absolute Gasteiger partial charge is 0.323 e. The van der Waals surface area contributed by atoms with Crippen LogP contribution < -0.4 is 5.32 Å². The van der Waals surface area contributed by atoms with Crippen LogP contribution in [-0.4, -0.2) is 16.1 Å². The number of halogens is 1. The molecule has 2 heterocycles. The number of aromatic nitrogens is 2. The second-order valence-electron chi connectivity index (χ2n) is 6.03. The SMILES string of the molecule is CC1(c2nc3cc(Cl)ccc3n2C2CC2)CCCN1. The van der Waals surface area contributed by atoms with Crippen LogP contribution >= 0.6 is 11.6 Å². The topological polar surface area (TPSA) is 29.9 Å². The van der Waals surface area contributed by atoms with Crippen LogP contribution in [-0.2, 0) is 5.54 Å². The van der Waals surface area contributed by atoms with Gasteiger partial charge in [-0.15, -0.1) is 0 Å². The van der Waals surface area contributed by atoms with Gasteiger partial charge in [0.1, 0.15) is 5.82 Å². The molecule has 1 aliphatic carbocycles. The van der Waals surface area contributed by atoms with Gasteiger partial charge >= 0.3 is 0 Å². The normalized spacial score (nSPS) is 27.3. The molecule has 0 bridgehead atoms. The summed E-state index contributed by atoms with van der Waals surface area (Å²) in [6, 6.07) is 6.71. The van der Waals surface area contributed by atoms with Crippen molar-refractivity contribution >= 4 is 22.6 Å². The lowest BCUT2D eigenvalue weighted by molar-refractivity contribution is 0.389. The number of hydrogen-bond acceptors (Lipinski definition) is 2. The Labute approximate surface area is 118 Å². The zero-order valence-electron chi connectivity index (χ0n) is 11.1. The molecule has 100 valence electrons. The average molecular weight is 276 g/mol. The summed E-state index contributed by atoms with van der Waals surface area (Å²) in [6.07, 6.45) is 4.94. The van der Waals surface area contributed by atoms with Crippen LogP contribution in [0.15, 0.2) is 18.2 Å². The van der Waals surface area contributed by atoms with Crippen molar-refractivity contribution in [2.24, 2.45) is 0 Å². The van der Waals surface area contributed by atoms with Crippen molar-refractivity contribution in [3.63, 3.8) is 0 Å². The van der Waals surface area contributed by atoms with Crippen molar-refractivity contribution in [1.29, 1.82) is 0 Å². The molecule has 4 heteroatoms. The van der Waals surface area contributed by atoms with E-state index >= 15 is 0 Å². The van der Waals surface area contributed by atoms with Gasteiger partial charge in [0.25, 0.3) is 0 Å². The molecule has 2 fully saturated rings. The number of hydrogen-bond donors (Lipinski definition) is 1. The van der Waals surface area contributed by atoms with Gasteiger partial charge in [0.05, 0.1) is 16.6 Å². The smallest absolute Gasteiger partial charge is 0.130 e. The summed E-state index contributed by atoms with van der Waals surface area (Å²) in [5, 5.41) is 4.40. The van der Waals surface area contributed by atoms with Crippen LogP contribution in [0.2, 0.25) is 5.02 Å². The molecule has 3 nitrogen and oxygen atoms in total. The van der Waals surface area contributed by atoms with Crippen LogP contribution in [0.4, 0.5) is 0 Å². The van der Waals surface area contributed by atoms with E-state index in [1.165, 1.54) is 30.6 Å². The average Bonchev–Trinajstić information content (AvgIpc) is 3.01. The van der Waals surface area contributed by atoms with E-state index in [9.17, 15) is 0 Å². The van der Waals surface area contributed by atoms with Crippen molar-refractivity contribution < 1.29 is 0 Å². The minimum Gasteiger partial charge on any atom is -0.323 e. The van der Waals surface area contributed by atoms with E-state index in [1.54, 1.807) is 0 Å². The number of nitrogens with one attached hydrogen (secondary N) is 1. The van der Waals surface area contributed by atoms with Gasteiger partial charge in [-0.1, -0.05) is 11.6 Å². The Hall–Kier alpha value is -1.06. The monoisotopic (exact) mass is 275 g/mol. The molecule has 0 amide bonds. The molecule has 2 aliphatic rings. The lowest BCUT2D eigenvalue weighted by atomic mass is 9.99. The van der Waals surface area contributed by atoms with E-state index in [4.69, 9.17) is 16.6 Å². The summed E-state index contributed by atoms with van der Waals surface area (Å²) in [4.78, 5) is 4.90. The van der Waals surface area contributed by atoms with E-state index in [-0.39, 0.29) is 5.54 Å². The minimum atomic E-state index is 0.0219. The summed E-state index contributed by atoms with van der Waals surface area (Å²) in [5.41, 5.74) is 2.29. The third-order valence-corrected chi connectivity index (χ3v) is 4.66. The van der Waals surface area contributed by atoms with Gasteiger partial charge in [0.2, 0.25) is 0 Å². The fraction of sp³-hybridized carbons (Fsp3) is 0.533. The highest BCUT2D eigenvalue weighted by atomic mass is 35.5. The third-order valence-electron chi connectivity index (χ3n) is 4.43. The summed E-state index contributed by atoms with van der Waals surface area (Å²) in [7, 11) is 0. The van der Waals surface area contributed by atoms with Crippen LogP contribution in [0, 0.1) is 0 Å². The first-order chi connectivity index (χ1) is 9.17. The molecular weight excluding hydrogens is 258 g/mol. The second-order valence-corrected chi connectivity index (χ2v) is 6.47. The van der Waals surface area contributed by atoms with Gasteiger partial charge in [0.15, 0.2) is 0 Å². The predicted octanol–water partition coefficient (Wildman–Crippen LogP) is 3.62. The zero-order valence-corrected chi connectivity index (χ0v) is 11.9. The lowest BCUT2D eigenvalue weighted by Crippen LogP contribution is -2.36. The van der Waals surface area contributed by atoms with Crippen LogP contribution in [0.5, 0.6) is 0 Å². The standard InChI is InChI=1S/C15H18ClN3/c1-15(7-2-8-17-15)14-18-12-9-10(16)3-6-13(12)19(14)11-4-5-11/h3,6,9,11,17H,2,4-5,7-8H2,1H3. The number of fused-ring (bicyclic) bond motifs is 1. The van der Waals surface area contributed by atoms with Crippen molar-refractivity contribution in [1.82, 2.24) is 14.9 Å². The van der Waals surface area contributed by atoms with E-state index in [0.717, 1.165) is 23.5 Å². The van der Waals surface area contributed by atoms with E-state index in [0.29, 0.717) is 6.04 Å². The predicted molar refractivity (Wildman–Crippen MR) is 77.6 cm³/mol. The van der Waals surface area contributed by atoms with Gasteiger partial charge in [-0.25, -0.2) is 4.98 Å². The highest BCUT2D eigenvalue weighted by molar-refractivity contribution is 6.31. The van der Waals surface area contributed by atoms with E-state index in [2.05, 4.69) is 22.9 Å². The highest BCUT2D eigenvalue weighted by Gasteiger charge is 2.38. The van der Waals surface area contributed by atoms with Gasteiger partial charge in [0, 0.05) is 11.1 Å². The van der Waals surface area contributed by atoms with E-state index < -0.39 is 0 Å². The summed E-state index contributed by atoms with van der Waals surface area (Å²) < 4.78 is 2.45. The Morgan fingerprint density at radius 3 is 2.95 bits per heavy atom. The summed E-state index contributed by atoms with van der Waals surface area (Å²) in [6.45, 7) is 3.37. The first kappa shape index (κ1) is 11.7. The molecule has 1 saturated heterocycles. The molecule has 1 N–H and O–H groups in total. The molecule has 1 aliphatic heterocycles. The molecule has 1 aromatic heterocycles. The highest BCUT2D eigenvalue weighted by Crippen LogP contribution is 2.42. The Balaban J connectivity index is 1.96. The fourth-order valence-corrected chi connectivity index (χ4v) is 3.42. The Kier molecular flexibility index (Phi) is 2.45. The van der Waals surface area contributed by atoms with Gasteiger partial charge in [-0.05, 0) is 57.4 Å². The van der Waals surface area contributed by atoms with E-state index in [1.807, 2.05) is 12.1 Å². The molecule has 1 atom stereocenters. The van der Waals surface area contributed by atoms with Crippen LogP contribution in [0.25, 0.3) is 11.0 Å². The first-order valence-electron chi connectivity index (χ1n) is 7.10. The van der Waals surface area contributed by atoms with Crippen molar-refractivity contribution in [2.45, 2.75) is 44.2 Å². The maximum absolute atomic E-state index is 6.10. The Morgan fingerprint density at radius 2 is 2.26 bits per heavy atom. The fourth-order valence-electron chi connectivity index (χ4n) is 3.25. The molecule has 0 spiro atoms. The Morgan fingerprint density at radius 1 is 1.42 bits per heavy atom. The summed E-state index contributed by atoms with van der Waals surface area (Å²) >= 11 is 6.10. The van der Waals surface area contributed by atoms with Crippen molar-refractivity contribution in [3.8, 4) is 0 Å². The molecule has 2 aromatic rings. The first-order valence-corrected chi connectivity index (χ1v) is 7.48. The maximum atomic E-state index is 6.10. The molecule has 1 unspecified atom stereocenters. The minimum absolute atomic E-state index is 0.0219. The quantitative estimate of drug-likeness (QED) is 0.907. The van der Waals surface area contributed by atoms with Gasteiger partial charge < -0.3 is 9.88 Å². The lowest BCUT2D eigenvalue weighted by Gasteiger charge is -2.25. The molecule has 19 heavy (non-hydrogen) atoms. The Bertz CT molecular complexity index is 636. The number of imidazole rings is 1.